The zero-order chi connectivity index (χ0) is 13.9. The normalized spacial score (nSPS) is 18.3. The van der Waals surface area contributed by atoms with E-state index in [-0.39, 0.29) is 12.3 Å². The molecule has 1 fully saturated rings. The highest BCUT2D eigenvalue weighted by molar-refractivity contribution is 5.77. The monoisotopic (exact) mass is 265 g/mol. The smallest absolute Gasteiger partial charge is 0.225 e. The number of hydrogen-bond donors (Lipinski definition) is 1. The molecule has 1 aromatic rings. The number of aliphatic hydroxyl groups is 1. The molecule has 0 aromatic carbocycles. The van der Waals surface area contributed by atoms with E-state index in [1.165, 1.54) is 6.42 Å². The van der Waals surface area contributed by atoms with Gasteiger partial charge in [0.1, 0.15) is 0 Å². The molecule has 1 saturated carbocycles. The van der Waals surface area contributed by atoms with Crippen molar-refractivity contribution in [1.82, 2.24) is 14.7 Å². The van der Waals surface area contributed by atoms with Gasteiger partial charge in [0.15, 0.2) is 0 Å². The number of aromatic nitrogens is 2. The Morgan fingerprint density at radius 2 is 2.16 bits per heavy atom. The summed E-state index contributed by atoms with van der Waals surface area (Å²) < 4.78 is 1.72. The third kappa shape index (κ3) is 3.80. The number of amides is 1. The fourth-order valence-corrected chi connectivity index (χ4v) is 2.72. The van der Waals surface area contributed by atoms with Crippen LogP contribution in [0.1, 0.15) is 44.1 Å². The lowest BCUT2D eigenvalue weighted by Gasteiger charge is -2.32. The van der Waals surface area contributed by atoms with Crippen LogP contribution in [0.4, 0.5) is 0 Å². The van der Waals surface area contributed by atoms with Gasteiger partial charge in [-0.3, -0.25) is 9.48 Å². The molecule has 0 aliphatic heterocycles. The van der Waals surface area contributed by atoms with Gasteiger partial charge in [-0.05, 0) is 12.8 Å². The highest BCUT2D eigenvalue weighted by Crippen LogP contribution is 2.31. The third-order valence-electron chi connectivity index (χ3n) is 3.87. The molecule has 0 saturated heterocycles. The van der Waals surface area contributed by atoms with E-state index in [9.17, 15) is 9.90 Å². The minimum Gasteiger partial charge on any atom is -0.389 e. The summed E-state index contributed by atoms with van der Waals surface area (Å²) in [5.74, 6) is 0.00764. The Morgan fingerprint density at radius 3 is 2.74 bits per heavy atom. The maximum absolute atomic E-state index is 12.2. The first-order valence-corrected chi connectivity index (χ1v) is 6.92. The molecule has 1 N–H and O–H groups in total. The summed E-state index contributed by atoms with van der Waals surface area (Å²) in [7, 11) is 3.64. The van der Waals surface area contributed by atoms with Crippen LogP contribution in [0.25, 0.3) is 0 Å². The second-order valence-electron chi connectivity index (χ2n) is 5.73. The van der Waals surface area contributed by atoms with Gasteiger partial charge in [-0.25, -0.2) is 0 Å². The molecular weight excluding hydrogens is 242 g/mol. The summed E-state index contributed by atoms with van der Waals surface area (Å²) in [6.07, 6.45) is 8.62. The molecule has 5 heteroatoms. The fraction of sp³-hybridized carbons (Fsp3) is 0.714. The van der Waals surface area contributed by atoms with Crippen LogP contribution in [0.5, 0.6) is 0 Å². The number of nitrogens with zero attached hydrogens (tertiary/aromatic N) is 3. The molecule has 1 aromatic heterocycles. The molecule has 1 amide bonds. The Bertz CT molecular complexity index is 436. The second-order valence-corrected chi connectivity index (χ2v) is 5.73. The zero-order valence-corrected chi connectivity index (χ0v) is 11.8. The maximum atomic E-state index is 12.2. The average Bonchev–Trinajstić information content (AvgIpc) is 2.75. The predicted octanol–water partition coefficient (Wildman–Crippen LogP) is 1.46. The molecule has 1 aliphatic carbocycles. The topological polar surface area (TPSA) is 58.4 Å². The van der Waals surface area contributed by atoms with Crippen molar-refractivity contribution in [3.63, 3.8) is 0 Å². The lowest BCUT2D eigenvalue weighted by Crippen LogP contribution is -2.38. The SMILES string of the molecule is CN(Cc1cnn(C)c1)C(=O)CC1(O)CCCCC1. The molecule has 19 heavy (non-hydrogen) atoms. The Morgan fingerprint density at radius 1 is 1.47 bits per heavy atom. The molecule has 106 valence electrons. The zero-order valence-electron chi connectivity index (χ0n) is 11.8. The minimum atomic E-state index is -0.779. The molecule has 0 unspecified atom stereocenters. The summed E-state index contributed by atoms with van der Waals surface area (Å²) in [5, 5.41) is 14.5. The van der Waals surface area contributed by atoms with Crippen molar-refractivity contribution in [2.45, 2.75) is 50.7 Å². The number of aryl methyl sites for hydroxylation is 1. The lowest BCUT2D eigenvalue weighted by molar-refractivity contribution is -0.137. The van der Waals surface area contributed by atoms with E-state index < -0.39 is 5.60 Å². The van der Waals surface area contributed by atoms with E-state index in [4.69, 9.17) is 0 Å². The molecule has 5 nitrogen and oxygen atoms in total. The van der Waals surface area contributed by atoms with Crippen LogP contribution in [0.15, 0.2) is 12.4 Å². The Kier molecular flexibility index (Phi) is 4.24. The van der Waals surface area contributed by atoms with Crippen LogP contribution < -0.4 is 0 Å². The van der Waals surface area contributed by atoms with E-state index >= 15 is 0 Å². The van der Waals surface area contributed by atoms with Gasteiger partial charge in [-0.1, -0.05) is 19.3 Å². The molecular formula is C14H23N3O2. The van der Waals surface area contributed by atoms with Crippen molar-refractivity contribution in [3.8, 4) is 0 Å². The molecule has 1 aliphatic rings. The van der Waals surface area contributed by atoms with E-state index in [1.54, 1.807) is 22.8 Å². The van der Waals surface area contributed by atoms with Crippen molar-refractivity contribution < 1.29 is 9.90 Å². The summed E-state index contributed by atoms with van der Waals surface area (Å²) in [6, 6.07) is 0. The Labute approximate surface area is 114 Å². The molecule has 1 heterocycles. The quantitative estimate of drug-likeness (QED) is 0.896. The van der Waals surface area contributed by atoms with Crippen molar-refractivity contribution in [1.29, 1.82) is 0 Å². The molecule has 0 spiro atoms. The van der Waals surface area contributed by atoms with E-state index in [0.29, 0.717) is 6.54 Å². The van der Waals surface area contributed by atoms with Crippen molar-refractivity contribution in [3.05, 3.63) is 18.0 Å². The Balaban J connectivity index is 1.88. The highest BCUT2D eigenvalue weighted by Gasteiger charge is 2.32. The van der Waals surface area contributed by atoms with Crippen LogP contribution in [0.2, 0.25) is 0 Å². The van der Waals surface area contributed by atoms with Gasteiger partial charge in [-0.15, -0.1) is 0 Å². The van der Waals surface area contributed by atoms with Crippen molar-refractivity contribution in [2.24, 2.45) is 7.05 Å². The van der Waals surface area contributed by atoms with E-state index in [2.05, 4.69) is 5.10 Å². The first kappa shape index (κ1) is 14.1. The lowest BCUT2D eigenvalue weighted by atomic mass is 9.82. The van der Waals surface area contributed by atoms with Gasteiger partial charge in [-0.2, -0.15) is 5.10 Å². The molecule has 0 radical (unpaired) electrons. The van der Waals surface area contributed by atoms with Gasteiger partial charge in [0, 0.05) is 32.4 Å². The molecule has 0 atom stereocenters. The van der Waals surface area contributed by atoms with Gasteiger partial charge in [0.05, 0.1) is 18.2 Å². The third-order valence-corrected chi connectivity index (χ3v) is 3.87. The van der Waals surface area contributed by atoms with E-state index in [0.717, 1.165) is 31.2 Å². The number of carbonyl (C=O) groups is 1. The second kappa shape index (κ2) is 5.74. The van der Waals surface area contributed by atoms with Crippen LogP contribution in [-0.2, 0) is 18.4 Å². The molecule has 2 rings (SSSR count). The summed E-state index contributed by atoms with van der Waals surface area (Å²) in [6.45, 7) is 0.544. The summed E-state index contributed by atoms with van der Waals surface area (Å²) in [5.41, 5.74) is 0.229. The number of hydrogen-bond acceptors (Lipinski definition) is 3. The summed E-state index contributed by atoms with van der Waals surface area (Å²) >= 11 is 0. The van der Waals surface area contributed by atoms with Gasteiger partial charge in [0.2, 0.25) is 5.91 Å². The fourth-order valence-electron chi connectivity index (χ4n) is 2.72. The summed E-state index contributed by atoms with van der Waals surface area (Å²) in [4.78, 5) is 13.8. The van der Waals surface area contributed by atoms with Crippen molar-refractivity contribution in [2.75, 3.05) is 7.05 Å². The highest BCUT2D eigenvalue weighted by atomic mass is 16.3. The van der Waals surface area contributed by atoms with Crippen LogP contribution in [0.3, 0.4) is 0 Å². The first-order valence-electron chi connectivity index (χ1n) is 6.92. The number of carbonyl (C=O) groups excluding carboxylic acids is 1. The van der Waals surface area contributed by atoms with Crippen LogP contribution >= 0.6 is 0 Å². The number of rotatable bonds is 4. The van der Waals surface area contributed by atoms with Crippen molar-refractivity contribution >= 4 is 5.91 Å². The largest absolute Gasteiger partial charge is 0.389 e. The van der Waals surface area contributed by atoms with Gasteiger partial charge >= 0.3 is 0 Å². The molecule has 0 bridgehead atoms. The predicted molar refractivity (Wildman–Crippen MR) is 72.3 cm³/mol. The van der Waals surface area contributed by atoms with Gasteiger partial charge in [0.25, 0.3) is 0 Å². The van der Waals surface area contributed by atoms with E-state index in [1.807, 2.05) is 13.2 Å². The van der Waals surface area contributed by atoms with Crippen LogP contribution in [-0.4, -0.2) is 38.3 Å². The Hall–Kier alpha value is -1.36. The first-order chi connectivity index (χ1) is 8.98. The average molecular weight is 265 g/mol. The van der Waals surface area contributed by atoms with Crippen LogP contribution in [0, 0.1) is 0 Å². The maximum Gasteiger partial charge on any atom is 0.225 e. The van der Waals surface area contributed by atoms with Gasteiger partial charge < -0.3 is 10.0 Å². The standard InChI is InChI=1S/C14H23N3O2/c1-16(10-12-9-15-17(2)11-12)13(18)8-14(19)6-4-3-5-7-14/h9,11,19H,3-8,10H2,1-2H3. The minimum absolute atomic E-state index is 0.00764.